The first-order chi connectivity index (χ1) is 17.8. The molecule has 0 radical (unpaired) electrons. The number of hydrogen-bond acceptors (Lipinski definition) is 2. The fourth-order valence-electron chi connectivity index (χ4n) is 4.93. The SMILES string of the molecule is CCCCCCCCc1ccc(-c2ccc3cc(OCCCCCCCCCCO)ccc3c2)cc1. The maximum absolute atomic E-state index is 8.82. The van der Waals surface area contributed by atoms with Crippen molar-refractivity contribution < 1.29 is 9.84 Å². The van der Waals surface area contributed by atoms with E-state index in [4.69, 9.17) is 9.84 Å². The topological polar surface area (TPSA) is 29.5 Å². The average molecular weight is 489 g/mol. The predicted molar refractivity (Wildman–Crippen MR) is 156 cm³/mol. The van der Waals surface area contributed by atoms with Crippen LogP contribution in [0.3, 0.4) is 0 Å². The average Bonchev–Trinajstić information content (AvgIpc) is 2.91. The summed E-state index contributed by atoms with van der Waals surface area (Å²) in [4.78, 5) is 0. The minimum atomic E-state index is 0.334. The molecule has 0 aromatic heterocycles. The van der Waals surface area contributed by atoms with Gasteiger partial charge in [-0.1, -0.05) is 120 Å². The first kappa shape index (κ1) is 28.3. The van der Waals surface area contributed by atoms with E-state index in [1.165, 1.54) is 105 Å². The number of hydrogen-bond donors (Lipinski definition) is 1. The molecule has 3 rings (SSSR count). The Morgan fingerprint density at radius 1 is 0.556 bits per heavy atom. The van der Waals surface area contributed by atoms with Crippen LogP contribution in [0.15, 0.2) is 60.7 Å². The van der Waals surface area contributed by atoms with Crippen molar-refractivity contribution in [3.8, 4) is 16.9 Å². The third-order valence-electron chi connectivity index (χ3n) is 7.24. The van der Waals surface area contributed by atoms with E-state index in [0.29, 0.717) is 6.61 Å². The van der Waals surface area contributed by atoms with Gasteiger partial charge >= 0.3 is 0 Å². The number of aryl methyl sites for hydroxylation is 1. The number of unbranched alkanes of at least 4 members (excludes halogenated alkanes) is 12. The molecule has 2 nitrogen and oxygen atoms in total. The van der Waals surface area contributed by atoms with Gasteiger partial charge in [-0.3, -0.25) is 0 Å². The van der Waals surface area contributed by atoms with Crippen LogP contribution in [0.5, 0.6) is 5.75 Å². The number of aliphatic hydroxyl groups is 1. The quantitative estimate of drug-likeness (QED) is 0.170. The van der Waals surface area contributed by atoms with Gasteiger partial charge in [-0.15, -0.1) is 0 Å². The molecule has 2 heteroatoms. The van der Waals surface area contributed by atoms with Gasteiger partial charge in [-0.2, -0.15) is 0 Å². The van der Waals surface area contributed by atoms with Gasteiger partial charge < -0.3 is 9.84 Å². The number of rotatable bonds is 19. The minimum Gasteiger partial charge on any atom is -0.494 e. The zero-order valence-electron chi connectivity index (χ0n) is 22.6. The van der Waals surface area contributed by atoms with Crippen LogP contribution in [0.25, 0.3) is 21.9 Å². The van der Waals surface area contributed by atoms with Gasteiger partial charge in [0.15, 0.2) is 0 Å². The summed E-state index contributed by atoms with van der Waals surface area (Å²) in [6.45, 7) is 3.40. The zero-order chi connectivity index (χ0) is 25.3. The molecule has 0 amide bonds. The van der Waals surface area contributed by atoms with Gasteiger partial charge in [-0.05, 0) is 71.3 Å². The fourth-order valence-corrected chi connectivity index (χ4v) is 4.93. The molecule has 1 N–H and O–H groups in total. The van der Waals surface area contributed by atoms with Crippen LogP contribution in [0.2, 0.25) is 0 Å². The Kier molecular flexibility index (Phi) is 13.5. The highest BCUT2D eigenvalue weighted by molar-refractivity contribution is 5.88. The van der Waals surface area contributed by atoms with E-state index < -0.39 is 0 Å². The van der Waals surface area contributed by atoms with Gasteiger partial charge in [0.25, 0.3) is 0 Å². The standard InChI is InChI=1S/C34H48O2/c1-2-3-4-5-10-13-16-29-17-19-30(20-18-29)31-21-22-33-28-34(24-23-32(33)27-31)36-26-15-12-9-7-6-8-11-14-25-35/h17-24,27-28,35H,2-16,25-26H2,1H3. The molecule has 3 aromatic carbocycles. The maximum atomic E-state index is 8.82. The molecule has 0 atom stereocenters. The van der Waals surface area contributed by atoms with Gasteiger partial charge in [0, 0.05) is 6.61 Å². The van der Waals surface area contributed by atoms with Crippen LogP contribution in [0, 0.1) is 0 Å². The van der Waals surface area contributed by atoms with Gasteiger partial charge in [0.2, 0.25) is 0 Å². The fraction of sp³-hybridized carbons (Fsp3) is 0.529. The van der Waals surface area contributed by atoms with Crippen LogP contribution in [0.1, 0.15) is 102 Å². The summed E-state index contributed by atoms with van der Waals surface area (Å²) in [5, 5.41) is 11.3. The van der Waals surface area contributed by atoms with Gasteiger partial charge in [-0.25, -0.2) is 0 Å². The predicted octanol–water partition coefficient (Wildman–Crippen LogP) is 9.90. The lowest BCUT2D eigenvalue weighted by atomic mass is 9.98. The van der Waals surface area contributed by atoms with E-state index in [1.807, 2.05) is 0 Å². The summed E-state index contributed by atoms with van der Waals surface area (Å²) in [6, 6.07) is 22.4. The van der Waals surface area contributed by atoms with Crippen LogP contribution in [-0.4, -0.2) is 18.3 Å². The Morgan fingerprint density at radius 3 is 1.86 bits per heavy atom. The van der Waals surface area contributed by atoms with Crippen LogP contribution >= 0.6 is 0 Å². The first-order valence-corrected chi connectivity index (χ1v) is 14.7. The lowest BCUT2D eigenvalue weighted by Gasteiger charge is -2.09. The number of aliphatic hydroxyl groups excluding tert-OH is 1. The molecular formula is C34H48O2. The summed E-state index contributed by atoms with van der Waals surface area (Å²) in [5.74, 6) is 0.971. The van der Waals surface area contributed by atoms with E-state index >= 15 is 0 Å². The Hall–Kier alpha value is -2.32. The normalized spacial score (nSPS) is 11.3. The van der Waals surface area contributed by atoms with Crippen LogP contribution < -0.4 is 4.74 Å². The highest BCUT2D eigenvalue weighted by Gasteiger charge is 2.03. The Bertz CT molecular complexity index is 976. The molecule has 0 unspecified atom stereocenters. The minimum absolute atomic E-state index is 0.334. The molecule has 0 bridgehead atoms. The highest BCUT2D eigenvalue weighted by atomic mass is 16.5. The molecule has 0 saturated heterocycles. The van der Waals surface area contributed by atoms with Crippen molar-refractivity contribution >= 4 is 10.8 Å². The largest absolute Gasteiger partial charge is 0.494 e. The number of fused-ring (bicyclic) bond motifs is 1. The Balaban J connectivity index is 1.40. The summed E-state index contributed by atoms with van der Waals surface area (Å²) in [6.07, 6.45) is 18.9. The third kappa shape index (κ3) is 10.3. The van der Waals surface area contributed by atoms with E-state index in [-0.39, 0.29) is 0 Å². The molecule has 0 aliphatic heterocycles. The summed E-state index contributed by atoms with van der Waals surface area (Å²) in [7, 11) is 0. The van der Waals surface area contributed by atoms with E-state index in [1.54, 1.807) is 0 Å². The molecule has 196 valence electrons. The number of ether oxygens (including phenoxy) is 1. The molecule has 0 saturated carbocycles. The van der Waals surface area contributed by atoms with Crippen LogP contribution in [0.4, 0.5) is 0 Å². The van der Waals surface area contributed by atoms with Crippen molar-refractivity contribution in [2.24, 2.45) is 0 Å². The molecule has 0 spiro atoms. The molecule has 0 heterocycles. The molecule has 0 aliphatic carbocycles. The van der Waals surface area contributed by atoms with Crippen molar-refractivity contribution in [2.45, 2.75) is 103 Å². The number of benzene rings is 3. The van der Waals surface area contributed by atoms with E-state index in [9.17, 15) is 0 Å². The van der Waals surface area contributed by atoms with Gasteiger partial charge in [0.05, 0.1) is 6.61 Å². The van der Waals surface area contributed by atoms with E-state index in [2.05, 4.69) is 67.6 Å². The summed E-state index contributed by atoms with van der Waals surface area (Å²) < 4.78 is 6.03. The lowest BCUT2D eigenvalue weighted by molar-refractivity contribution is 0.282. The molecule has 0 fully saturated rings. The second-order valence-electron chi connectivity index (χ2n) is 10.3. The smallest absolute Gasteiger partial charge is 0.119 e. The van der Waals surface area contributed by atoms with Crippen molar-refractivity contribution in [3.63, 3.8) is 0 Å². The van der Waals surface area contributed by atoms with Crippen molar-refractivity contribution in [3.05, 3.63) is 66.2 Å². The molecule has 0 aliphatic rings. The van der Waals surface area contributed by atoms with Crippen molar-refractivity contribution in [1.29, 1.82) is 0 Å². The first-order valence-electron chi connectivity index (χ1n) is 14.7. The summed E-state index contributed by atoms with van der Waals surface area (Å²) >= 11 is 0. The maximum Gasteiger partial charge on any atom is 0.119 e. The van der Waals surface area contributed by atoms with Crippen molar-refractivity contribution in [1.82, 2.24) is 0 Å². The van der Waals surface area contributed by atoms with E-state index in [0.717, 1.165) is 31.6 Å². The van der Waals surface area contributed by atoms with Gasteiger partial charge in [0.1, 0.15) is 5.75 Å². The second-order valence-corrected chi connectivity index (χ2v) is 10.3. The molecule has 3 aromatic rings. The van der Waals surface area contributed by atoms with Crippen molar-refractivity contribution in [2.75, 3.05) is 13.2 Å². The summed E-state index contributed by atoms with van der Waals surface area (Å²) in [5.41, 5.74) is 4.02. The Labute approximate surface area is 220 Å². The lowest BCUT2D eigenvalue weighted by Crippen LogP contribution is -1.97. The molecule has 36 heavy (non-hydrogen) atoms. The van der Waals surface area contributed by atoms with Crippen LogP contribution in [-0.2, 0) is 6.42 Å². The third-order valence-corrected chi connectivity index (χ3v) is 7.24. The highest BCUT2D eigenvalue weighted by Crippen LogP contribution is 2.28. The molecular weight excluding hydrogens is 440 g/mol. The zero-order valence-corrected chi connectivity index (χ0v) is 22.6. The monoisotopic (exact) mass is 488 g/mol. The second kappa shape index (κ2) is 17.2. The Morgan fingerprint density at radius 2 is 1.14 bits per heavy atom.